The van der Waals surface area contributed by atoms with E-state index in [0.29, 0.717) is 17.8 Å². The standard InChI is InChI=1S/C20H42N8/c1-7-27(8-2)15-11-13-21-18-24-19(26-20(25-18)23-17(5)6)22-14-12-16-28(9-3)10-4/h17H,7-16H2,1-6H3,(H3,21,22,23,24,25,26). The third-order valence-corrected chi connectivity index (χ3v) is 4.71. The van der Waals surface area contributed by atoms with Crippen LogP contribution in [0, 0.1) is 0 Å². The fraction of sp³-hybridized carbons (Fsp3) is 0.850. The molecule has 0 atom stereocenters. The number of anilines is 3. The number of rotatable bonds is 16. The summed E-state index contributed by atoms with van der Waals surface area (Å²) in [5.74, 6) is 1.87. The third kappa shape index (κ3) is 10.0. The maximum Gasteiger partial charge on any atom is 0.229 e. The van der Waals surface area contributed by atoms with Crippen molar-refractivity contribution in [1.29, 1.82) is 0 Å². The highest BCUT2D eigenvalue weighted by atomic mass is 15.3. The molecule has 1 aromatic heterocycles. The van der Waals surface area contributed by atoms with Gasteiger partial charge < -0.3 is 25.8 Å². The van der Waals surface area contributed by atoms with Crippen molar-refractivity contribution in [3.8, 4) is 0 Å². The van der Waals surface area contributed by atoms with Crippen LogP contribution in [0.2, 0.25) is 0 Å². The van der Waals surface area contributed by atoms with Crippen molar-refractivity contribution in [2.45, 2.75) is 60.4 Å². The van der Waals surface area contributed by atoms with E-state index in [1.54, 1.807) is 0 Å². The second-order valence-corrected chi connectivity index (χ2v) is 7.22. The van der Waals surface area contributed by atoms with Gasteiger partial charge in [-0.3, -0.25) is 0 Å². The first kappa shape index (κ1) is 24.4. The summed E-state index contributed by atoms with van der Waals surface area (Å²) in [7, 11) is 0. The van der Waals surface area contributed by atoms with E-state index in [1.807, 2.05) is 0 Å². The number of aromatic nitrogens is 3. The monoisotopic (exact) mass is 394 g/mol. The lowest BCUT2D eigenvalue weighted by Gasteiger charge is -2.18. The van der Waals surface area contributed by atoms with Crippen molar-refractivity contribution < 1.29 is 0 Å². The van der Waals surface area contributed by atoms with E-state index in [4.69, 9.17) is 0 Å². The highest BCUT2D eigenvalue weighted by molar-refractivity contribution is 5.42. The van der Waals surface area contributed by atoms with Crippen molar-refractivity contribution in [3.05, 3.63) is 0 Å². The van der Waals surface area contributed by atoms with E-state index in [0.717, 1.165) is 65.2 Å². The van der Waals surface area contributed by atoms with Gasteiger partial charge in [0.2, 0.25) is 17.8 Å². The maximum atomic E-state index is 4.54. The van der Waals surface area contributed by atoms with Crippen LogP contribution in [0.1, 0.15) is 54.4 Å². The van der Waals surface area contributed by atoms with Crippen LogP contribution in [0.4, 0.5) is 17.8 Å². The van der Waals surface area contributed by atoms with Crippen LogP contribution < -0.4 is 16.0 Å². The summed E-state index contributed by atoms with van der Waals surface area (Å²) in [5, 5.41) is 9.98. The first-order chi connectivity index (χ1) is 13.5. The van der Waals surface area contributed by atoms with E-state index in [1.165, 1.54) is 0 Å². The zero-order chi connectivity index (χ0) is 20.8. The van der Waals surface area contributed by atoms with E-state index >= 15 is 0 Å². The Labute approximate surface area is 171 Å². The molecule has 0 aliphatic carbocycles. The van der Waals surface area contributed by atoms with Gasteiger partial charge in [0.15, 0.2) is 0 Å². The van der Waals surface area contributed by atoms with Gasteiger partial charge in [0.1, 0.15) is 0 Å². The van der Waals surface area contributed by atoms with Crippen molar-refractivity contribution in [2.24, 2.45) is 0 Å². The molecule has 8 nitrogen and oxygen atoms in total. The molecule has 3 N–H and O–H groups in total. The predicted octanol–water partition coefficient (Wildman–Crippen LogP) is 2.98. The molecular formula is C20H42N8. The largest absolute Gasteiger partial charge is 0.354 e. The molecule has 0 aliphatic heterocycles. The minimum Gasteiger partial charge on any atom is -0.354 e. The van der Waals surface area contributed by atoms with Crippen LogP contribution in [0.25, 0.3) is 0 Å². The van der Waals surface area contributed by atoms with Crippen LogP contribution in [0.15, 0.2) is 0 Å². The Morgan fingerprint density at radius 1 is 0.679 bits per heavy atom. The SMILES string of the molecule is CCN(CC)CCCNc1nc(NCCCN(CC)CC)nc(NC(C)C)n1. The fourth-order valence-electron chi connectivity index (χ4n) is 2.94. The quantitative estimate of drug-likeness (QED) is 0.369. The summed E-state index contributed by atoms with van der Waals surface area (Å²) < 4.78 is 0. The normalized spacial score (nSPS) is 11.5. The van der Waals surface area contributed by atoms with E-state index < -0.39 is 0 Å². The lowest BCUT2D eigenvalue weighted by Crippen LogP contribution is -2.26. The van der Waals surface area contributed by atoms with Gasteiger partial charge in [-0.2, -0.15) is 15.0 Å². The molecule has 1 rings (SSSR count). The van der Waals surface area contributed by atoms with E-state index in [9.17, 15) is 0 Å². The molecule has 28 heavy (non-hydrogen) atoms. The average molecular weight is 395 g/mol. The second-order valence-electron chi connectivity index (χ2n) is 7.22. The Hall–Kier alpha value is -1.67. The van der Waals surface area contributed by atoms with Gasteiger partial charge in [-0.15, -0.1) is 0 Å². The number of hydrogen-bond donors (Lipinski definition) is 3. The molecule has 0 saturated heterocycles. The Kier molecular flexibility index (Phi) is 12.5. The van der Waals surface area contributed by atoms with Gasteiger partial charge in [-0.05, 0) is 66.0 Å². The zero-order valence-corrected chi connectivity index (χ0v) is 18.9. The van der Waals surface area contributed by atoms with Gasteiger partial charge >= 0.3 is 0 Å². The summed E-state index contributed by atoms with van der Waals surface area (Å²) in [6.07, 6.45) is 2.12. The first-order valence-corrected chi connectivity index (χ1v) is 11.0. The Bertz CT molecular complexity index is 477. The van der Waals surface area contributed by atoms with Gasteiger partial charge in [0, 0.05) is 19.1 Å². The molecule has 0 amide bonds. The third-order valence-electron chi connectivity index (χ3n) is 4.71. The topological polar surface area (TPSA) is 81.2 Å². The average Bonchev–Trinajstić information content (AvgIpc) is 2.67. The molecule has 0 unspecified atom stereocenters. The summed E-state index contributed by atoms with van der Waals surface area (Å²) in [6.45, 7) is 21.2. The number of nitrogens with one attached hydrogen (secondary N) is 3. The lowest BCUT2D eigenvalue weighted by atomic mass is 10.3. The molecule has 1 heterocycles. The van der Waals surface area contributed by atoms with Gasteiger partial charge in [0.05, 0.1) is 0 Å². The smallest absolute Gasteiger partial charge is 0.229 e. The fourth-order valence-corrected chi connectivity index (χ4v) is 2.94. The minimum absolute atomic E-state index is 0.272. The summed E-state index contributed by atoms with van der Waals surface area (Å²) in [6, 6.07) is 0.272. The summed E-state index contributed by atoms with van der Waals surface area (Å²) in [4.78, 5) is 18.4. The van der Waals surface area contributed by atoms with Crippen LogP contribution in [-0.4, -0.2) is 83.2 Å². The van der Waals surface area contributed by atoms with Crippen molar-refractivity contribution >= 4 is 17.8 Å². The number of nitrogens with zero attached hydrogens (tertiary/aromatic N) is 5. The van der Waals surface area contributed by atoms with E-state index in [2.05, 4.69) is 82.2 Å². The number of hydrogen-bond acceptors (Lipinski definition) is 8. The molecule has 162 valence electrons. The van der Waals surface area contributed by atoms with Crippen LogP contribution >= 0.6 is 0 Å². The lowest BCUT2D eigenvalue weighted by molar-refractivity contribution is 0.303. The summed E-state index contributed by atoms with van der Waals surface area (Å²) in [5.41, 5.74) is 0. The molecule has 1 aromatic rings. The molecule has 0 spiro atoms. The Morgan fingerprint density at radius 3 is 1.43 bits per heavy atom. The van der Waals surface area contributed by atoms with Crippen molar-refractivity contribution in [1.82, 2.24) is 24.8 Å². The molecule has 0 saturated carbocycles. The molecular weight excluding hydrogens is 352 g/mol. The van der Waals surface area contributed by atoms with Gasteiger partial charge in [-0.1, -0.05) is 27.7 Å². The maximum absolute atomic E-state index is 4.54. The summed E-state index contributed by atoms with van der Waals surface area (Å²) >= 11 is 0. The highest BCUT2D eigenvalue weighted by Crippen LogP contribution is 2.10. The van der Waals surface area contributed by atoms with Crippen LogP contribution in [-0.2, 0) is 0 Å². The molecule has 0 fully saturated rings. The van der Waals surface area contributed by atoms with Crippen molar-refractivity contribution in [3.63, 3.8) is 0 Å². The molecule has 0 aliphatic rings. The predicted molar refractivity (Wildman–Crippen MR) is 120 cm³/mol. The highest BCUT2D eigenvalue weighted by Gasteiger charge is 2.08. The van der Waals surface area contributed by atoms with Crippen molar-refractivity contribution in [2.75, 3.05) is 68.3 Å². The molecule has 8 heteroatoms. The Balaban J connectivity index is 2.59. The second kappa shape index (κ2) is 14.3. The molecule has 0 aromatic carbocycles. The molecule has 0 bridgehead atoms. The van der Waals surface area contributed by atoms with Crippen LogP contribution in [0.3, 0.4) is 0 Å². The Morgan fingerprint density at radius 2 is 1.07 bits per heavy atom. The molecule has 0 radical (unpaired) electrons. The first-order valence-electron chi connectivity index (χ1n) is 11.0. The van der Waals surface area contributed by atoms with Gasteiger partial charge in [-0.25, -0.2) is 0 Å². The van der Waals surface area contributed by atoms with Gasteiger partial charge in [0.25, 0.3) is 0 Å². The minimum atomic E-state index is 0.272. The van der Waals surface area contributed by atoms with E-state index in [-0.39, 0.29) is 6.04 Å². The zero-order valence-electron chi connectivity index (χ0n) is 18.9. The van der Waals surface area contributed by atoms with Crippen LogP contribution in [0.5, 0.6) is 0 Å².